The molecule has 0 bridgehead atoms. The standard InChI is InChI=1S/C27H32F5N3O6/c1-15-21(17-4-5-18(28)22(29)23(17)40-12-9-35-7-10-39-11-8-35)24(41-26(15,2)27(30,31)32)25(38)34-16-3-6-19(33-13-16)20(37)14-36/h3-6,13,15,20-21,24,36-37H,7-12,14H2,1-2H3,(H,34,38)/t15-,20-,21-,24+,26+/m0/s1. The molecule has 2 aromatic rings. The third kappa shape index (κ3) is 6.46. The van der Waals surface area contributed by atoms with Crippen LogP contribution in [0.4, 0.5) is 27.6 Å². The van der Waals surface area contributed by atoms with Crippen LogP contribution in [-0.4, -0.2) is 89.9 Å². The summed E-state index contributed by atoms with van der Waals surface area (Å²) in [5.74, 6) is -6.97. The van der Waals surface area contributed by atoms with Crippen molar-refractivity contribution in [1.29, 1.82) is 0 Å². The van der Waals surface area contributed by atoms with E-state index in [0.29, 0.717) is 32.8 Å². The summed E-state index contributed by atoms with van der Waals surface area (Å²) < 4.78 is 88.5. The molecule has 0 radical (unpaired) electrons. The van der Waals surface area contributed by atoms with Gasteiger partial charge in [0.2, 0.25) is 5.82 Å². The van der Waals surface area contributed by atoms with E-state index in [-0.39, 0.29) is 23.6 Å². The minimum Gasteiger partial charge on any atom is -0.489 e. The highest BCUT2D eigenvalue weighted by Gasteiger charge is 2.66. The Balaban J connectivity index is 1.65. The Hall–Kier alpha value is -2.91. The van der Waals surface area contributed by atoms with Crippen LogP contribution >= 0.6 is 0 Å². The number of benzene rings is 1. The van der Waals surface area contributed by atoms with E-state index in [2.05, 4.69) is 10.3 Å². The van der Waals surface area contributed by atoms with E-state index in [4.69, 9.17) is 19.3 Å². The van der Waals surface area contributed by atoms with Gasteiger partial charge in [-0.3, -0.25) is 14.7 Å². The molecule has 1 aromatic carbocycles. The number of carbonyl (C=O) groups is 1. The maximum Gasteiger partial charge on any atom is 0.417 e. The molecule has 2 fully saturated rings. The molecular formula is C27H32F5N3O6. The van der Waals surface area contributed by atoms with E-state index in [1.807, 2.05) is 4.90 Å². The van der Waals surface area contributed by atoms with Crippen LogP contribution in [0.25, 0.3) is 0 Å². The van der Waals surface area contributed by atoms with Crippen LogP contribution in [0.2, 0.25) is 0 Å². The molecule has 1 amide bonds. The number of aromatic nitrogens is 1. The van der Waals surface area contributed by atoms with Gasteiger partial charge in [0.15, 0.2) is 17.2 Å². The number of aliphatic hydroxyl groups excluding tert-OH is 2. The van der Waals surface area contributed by atoms with E-state index >= 15 is 4.39 Å². The summed E-state index contributed by atoms with van der Waals surface area (Å²) in [5.41, 5.74) is -2.75. The zero-order valence-corrected chi connectivity index (χ0v) is 22.5. The minimum atomic E-state index is -4.90. The van der Waals surface area contributed by atoms with Gasteiger partial charge in [-0.05, 0) is 25.1 Å². The van der Waals surface area contributed by atoms with Gasteiger partial charge >= 0.3 is 6.18 Å². The molecule has 41 heavy (non-hydrogen) atoms. The number of hydrogen-bond donors (Lipinski definition) is 3. The molecule has 0 unspecified atom stereocenters. The first-order chi connectivity index (χ1) is 19.4. The lowest BCUT2D eigenvalue weighted by atomic mass is 9.77. The molecule has 0 aliphatic carbocycles. The van der Waals surface area contributed by atoms with Crippen molar-refractivity contribution in [1.82, 2.24) is 9.88 Å². The van der Waals surface area contributed by atoms with Crippen molar-refractivity contribution in [3.8, 4) is 5.75 Å². The third-order valence-corrected chi connectivity index (χ3v) is 7.69. The number of rotatable bonds is 9. The van der Waals surface area contributed by atoms with E-state index in [1.165, 1.54) is 19.1 Å². The number of carbonyl (C=O) groups excluding carboxylic acids is 1. The maximum atomic E-state index is 15.1. The van der Waals surface area contributed by atoms with Crippen LogP contribution in [-0.2, 0) is 14.3 Å². The highest BCUT2D eigenvalue weighted by Crippen LogP contribution is 2.55. The van der Waals surface area contributed by atoms with Crippen molar-refractivity contribution in [3.05, 3.63) is 53.4 Å². The van der Waals surface area contributed by atoms with Crippen LogP contribution < -0.4 is 10.1 Å². The highest BCUT2D eigenvalue weighted by molar-refractivity contribution is 5.95. The number of nitrogens with one attached hydrogen (secondary N) is 1. The molecule has 3 heterocycles. The molecular weight excluding hydrogens is 557 g/mol. The maximum absolute atomic E-state index is 15.1. The molecule has 2 saturated heterocycles. The summed E-state index contributed by atoms with van der Waals surface area (Å²) in [6.45, 7) is 3.93. The minimum absolute atomic E-state index is 0.0757. The van der Waals surface area contributed by atoms with Gasteiger partial charge in [-0.25, -0.2) is 4.39 Å². The van der Waals surface area contributed by atoms with Crippen LogP contribution in [0.3, 0.4) is 0 Å². The zero-order valence-electron chi connectivity index (χ0n) is 22.5. The fraction of sp³-hybridized carbons (Fsp3) is 0.556. The lowest BCUT2D eigenvalue weighted by molar-refractivity contribution is -0.272. The number of morpholine rings is 1. The molecule has 2 aliphatic rings. The largest absolute Gasteiger partial charge is 0.489 e. The van der Waals surface area contributed by atoms with Gasteiger partial charge in [0, 0.05) is 37.0 Å². The summed E-state index contributed by atoms with van der Waals surface area (Å²) in [4.78, 5) is 19.3. The first-order valence-electron chi connectivity index (χ1n) is 13.1. The number of ether oxygens (including phenoxy) is 3. The van der Waals surface area contributed by atoms with Crippen molar-refractivity contribution in [2.75, 3.05) is 51.4 Å². The predicted octanol–water partition coefficient (Wildman–Crippen LogP) is 3.17. The number of anilines is 1. The zero-order chi connectivity index (χ0) is 29.9. The van der Waals surface area contributed by atoms with Crippen molar-refractivity contribution < 1.29 is 51.2 Å². The number of aliphatic hydroxyl groups is 2. The smallest absolute Gasteiger partial charge is 0.417 e. The fourth-order valence-electron chi connectivity index (χ4n) is 5.06. The SMILES string of the molecule is C[C@H]1[C@@H](c2ccc(F)c(F)c2OCCN2CCOCC2)[C@H](C(=O)Nc2ccc([C@@H](O)CO)nc2)O[C@@]1(C)C(F)(F)F. The average molecular weight is 590 g/mol. The summed E-state index contributed by atoms with van der Waals surface area (Å²) in [6.07, 6.45) is -6.78. The summed E-state index contributed by atoms with van der Waals surface area (Å²) in [5, 5.41) is 21.2. The first kappa shape index (κ1) is 31.0. The van der Waals surface area contributed by atoms with Gasteiger partial charge in [-0.1, -0.05) is 13.0 Å². The Morgan fingerprint density at radius 1 is 1.24 bits per heavy atom. The molecule has 9 nitrogen and oxygen atoms in total. The molecule has 5 atom stereocenters. The lowest BCUT2D eigenvalue weighted by Crippen LogP contribution is -2.47. The van der Waals surface area contributed by atoms with Crippen LogP contribution in [0.5, 0.6) is 5.75 Å². The normalized spacial score (nSPS) is 26.1. The second-order valence-electron chi connectivity index (χ2n) is 10.2. The van der Waals surface area contributed by atoms with Gasteiger partial charge < -0.3 is 29.7 Å². The summed E-state index contributed by atoms with van der Waals surface area (Å²) >= 11 is 0. The summed E-state index contributed by atoms with van der Waals surface area (Å²) in [6, 6.07) is 4.55. The fourth-order valence-corrected chi connectivity index (χ4v) is 5.06. The molecule has 3 N–H and O–H groups in total. The number of amides is 1. The average Bonchev–Trinajstić information content (AvgIpc) is 3.23. The number of nitrogens with zero attached hydrogens (tertiary/aromatic N) is 2. The first-order valence-corrected chi connectivity index (χ1v) is 13.1. The van der Waals surface area contributed by atoms with Gasteiger partial charge in [0.1, 0.15) is 18.8 Å². The molecule has 226 valence electrons. The third-order valence-electron chi connectivity index (χ3n) is 7.69. The van der Waals surface area contributed by atoms with Gasteiger partial charge in [0.05, 0.1) is 37.4 Å². The Morgan fingerprint density at radius 3 is 2.56 bits per heavy atom. The van der Waals surface area contributed by atoms with E-state index in [1.54, 1.807) is 0 Å². The highest BCUT2D eigenvalue weighted by atomic mass is 19.4. The Bertz CT molecular complexity index is 1210. The number of pyridine rings is 1. The van der Waals surface area contributed by atoms with E-state index in [9.17, 15) is 27.5 Å². The van der Waals surface area contributed by atoms with Crippen LogP contribution in [0, 0.1) is 17.6 Å². The molecule has 1 aromatic heterocycles. The number of hydrogen-bond acceptors (Lipinski definition) is 8. The van der Waals surface area contributed by atoms with E-state index < -0.39 is 65.7 Å². The van der Waals surface area contributed by atoms with Gasteiger partial charge in [-0.2, -0.15) is 17.6 Å². The van der Waals surface area contributed by atoms with Gasteiger partial charge in [0.25, 0.3) is 5.91 Å². The van der Waals surface area contributed by atoms with Gasteiger partial charge in [-0.15, -0.1) is 0 Å². The van der Waals surface area contributed by atoms with Crippen molar-refractivity contribution in [2.45, 2.75) is 43.8 Å². The molecule has 2 aliphatic heterocycles. The molecule has 4 rings (SSSR count). The van der Waals surface area contributed by atoms with Crippen LogP contribution in [0.15, 0.2) is 30.5 Å². The Labute approximate surface area is 233 Å². The summed E-state index contributed by atoms with van der Waals surface area (Å²) in [7, 11) is 0. The second kappa shape index (κ2) is 12.5. The molecule has 0 spiro atoms. The van der Waals surface area contributed by atoms with Crippen molar-refractivity contribution in [2.24, 2.45) is 5.92 Å². The molecule has 0 saturated carbocycles. The predicted molar refractivity (Wildman–Crippen MR) is 135 cm³/mol. The number of alkyl halides is 3. The monoisotopic (exact) mass is 589 g/mol. The second-order valence-corrected chi connectivity index (χ2v) is 10.2. The van der Waals surface area contributed by atoms with E-state index in [0.717, 1.165) is 25.3 Å². The molecule has 14 heteroatoms. The lowest BCUT2D eigenvalue weighted by Gasteiger charge is -2.32. The van der Waals surface area contributed by atoms with Crippen molar-refractivity contribution in [3.63, 3.8) is 0 Å². The topological polar surface area (TPSA) is 113 Å². The Kier molecular flexibility index (Phi) is 9.49. The van der Waals surface area contributed by atoms with Crippen molar-refractivity contribution >= 4 is 11.6 Å². The Morgan fingerprint density at radius 2 is 1.95 bits per heavy atom. The number of halogens is 5. The quantitative estimate of drug-likeness (QED) is 0.383. The van der Waals surface area contributed by atoms with Crippen LogP contribution in [0.1, 0.15) is 37.1 Å².